The Morgan fingerprint density at radius 3 is 2.64 bits per heavy atom. The third-order valence-electron chi connectivity index (χ3n) is 4.75. The number of nitrogens with zero attached hydrogens (tertiary/aromatic N) is 1. The molecule has 0 spiro atoms. The molecular weight excluding hydrogens is 355 g/mol. The summed E-state index contributed by atoms with van der Waals surface area (Å²) in [5.41, 5.74) is 6.07. The van der Waals surface area contributed by atoms with Crippen molar-refractivity contribution in [1.82, 2.24) is 9.97 Å². The molecule has 0 amide bonds. The van der Waals surface area contributed by atoms with Gasteiger partial charge in [0.1, 0.15) is 11.5 Å². The van der Waals surface area contributed by atoms with Crippen molar-refractivity contribution in [3.8, 4) is 11.3 Å². The summed E-state index contributed by atoms with van der Waals surface area (Å²) in [4.78, 5) is 19.7. The van der Waals surface area contributed by atoms with Crippen molar-refractivity contribution in [2.75, 3.05) is 7.11 Å². The van der Waals surface area contributed by atoms with Crippen molar-refractivity contribution in [1.29, 1.82) is 0 Å². The summed E-state index contributed by atoms with van der Waals surface area (Å²) in [5.74, 6) is -0.736. The topological polar surface area (TPSA) is 55.0 Å². The Morgan fingerprint density at radius 2 is 1.89 bits per heavy atom. The smallest absolute Gasteiger partial charge is 0.356 e. The van der Waals surface area contributed by atoms with E-state index in [2.05, 4.69) is 28.2 Å². The SMILES string of the molecule is COC(=O)c1cccc(Cc2c(-c3ccc(F)cc3)[nH]c3cc(C)ccc23)n1. The van der Waals surface area contributed by atoms with Gasteiger partial charge in [0, 0.05) is 23.0 Å². The molecule has 2 aromatic heterocycles. The summed E-state index contributed by atoms with van der Waals surface area (Å²) in [6.45, 7) is 2.04. The fourth-order valence-electron chi connectivity index (χ4n) is 3.39. The molecule has 0 bridgehead atoms. The number of pyridine rings is 1. The zero-order chi connectivity index (χ0) is 19.7. The molecule has 28 heavy (non-hydrogen) atoms. The van der Waals surface area contributed by atoms with Crippen molar-refractivity contribution in [3.05, 3.63) is 89.0 Å². The van der Waals surface area contributed by atoms with Crippen LogP contribution in [0.15, 0.2) is 60.7 Å². The van der Waals surface area contributed by atoms with E-state index in [4.69, 9.17) is 4.74 Å². The molecule has 4 rings (SSSR count). The first kappa shape index (κ1) is 17.9. The summed E-state index contributed by atoms with van der Waals surface area (Å²) in [5, 5.41) is 1.08. The van der Waals surface area contributed by atoms with Gasteiger partial charge in [-0.25, -0.2) is 14.2 Å². The molecule has 4 nitrogen and oxygen atoms in total. The highest BCUT2D eigenvalue weighted by molar-refractivity contribution is 5.91. The first-order valence-electron chi connectivity index (χ1n) is 8.96. The minimum atomic E-state index is -0.463. The molecule has 5 heteroatoms. The fourth-order valence-corrected chi connectivity index (χ4v) is 3.39. The van der Waals surface area contributed by atoms with Gasteiger partial charge in [-0.15, -0.1) is 0 Å². The van der Waals surface area contributed by atoms with Crippen LogP contribution in [0.1, 0.15) is 27.3 Å². The number of H-pyrrole nitrogens is 1. The van der Waals surface area contributed by atoms with E-state index in [1.807, 2.05) is 13.0 Å². The van der Waals surface area contributed by atoms with E-state index in [-0.39, 0.29) is 11.5 Å². The molecule has 0 aliphatic rings. The highest BCUT2D eigenvalue weighted by Gasteiger charge is 2.16. The molecule has 0 atom stereocenters. The van der Waals surface area contributed by atoms with Crippen LogP contribution in [0.4, 0.5) is 4.39 Å². The van der Waals surface area contributed by atoms with Gasteiger partial charge in [0.15, 0.2) is 0 Å². The van der Waals surface area contributed by atoms with Crippen molar-refractivity contribution in [2.45, 2.75) is 13.3 Å². The third kappa shape index (κ3) is 3.39. The summed E-state index contributed by atoms with van der Waals surface area (Å²) >= 11 is 0. The number of benzene rings is 2. The van der Waals surface area contributed by atoms with Gasteiger partial charge in [0.25, 0.3) is 0 Å². The maximum absolute atomic E-state index is 13.4. The normalized spacial score (nSPS) is 11.0. The van der Waals surface area contributed by atoms with E-state index in [0.717, 1.165) is 39.0 Å². The summed E-state index contributed by atoms with van der Waals surface area (Å²) in [6, 6.07) is 18.0. The van der Waals surface area contributed by atoms with Gasteiger partial charge >= 0.3 is 5.97 Å². The first-order chi connectivity index (χ1) is 13.5. The van der Waals surface area contributed by atoms with Crippen molar-refractivity contribution in [2.24, 2.45) is 0 Å². The maximum Gasteiger partial charge on any atom is 0.356 e. The molecule has 1 N–H and O–H groups in total. The lowest BCUT2D eigenvalue weighted by Crippen LogP contribution is -2.06. The highest BCUT2D eigenvalue weighted by Crippen LogP contribution is 2.32. The quantitative estimate of drug-likeness (QED) is 0.508. The van der Waals surface area contributed by atoms with Crippen LogP contribution < -0.4 is 0 Å². The number of halogens is 1. The van der Waals surface area contributed by atoms with E-state index in [1.165, 1.54) is 19.2 Å². The molecule has 0 aliphatic carbocycles. The zero-order valence-corrected chi connectivity index (χ0v) is 15.6. The summed E-state index contributed by atoms with van der Waals surface area (Å²) in [6.07, 6.45) is 0.528. The third-order valence-corrected chi connectivity index (χ3v) is 4.75. The number of aryl methyl sites for hydroxylation is 1. The van der Waals surface area contributed by atoms with E-state index in [1.54, 1.807) is 24.3 Å². The van der Waals surface area contributed by atoms with Gasteiger partial charge in [-0.3, -0.25) is 0 Å². The molecule has 140 valence electrons. The molecular formula is C23H19FN2O2. The minimum Gasteiger partial charge on any atom is -0.464 e. The molecule has 0 fully saturated rings. The molecule has 2 aromatic carbocycles. The lowest BCUT2D eigenvalue weighted by Gasteiger charge is -2.07. The number of carbonyl (C=O) groups excluding carboxylic acids is 1. The largest absolute Gasteiger partial charge is 0.464 e. The second kappa shape index (κ2) is 7.27. The van der Waals surface area contributed by atoms with Crippen LogP contribution in [0.5, 0.6) is 0 Å². The Morgan fingerprint density at radius 1 is 1.11 bits per heavy atom. The molecule has 0 saturated carbocycles. The molecule has 4 aromatic rings. The van der Waals surface area contributed by atoms with Gasteiger partial charge in [0.05, 0.1) is 12.8 Å². The number of hydrogen-bond acceptors (Lipinski definition) is 3. The predicted octanol–water partition coefficient (Wildman–Crippen LogP) is 5.05. The van der Waals surface area contributed by atoms with Gasteiger partial charge in [0.2, 0.25) is 0 Å². The maximum atomic E-state index is 13.4. The second-order valence-electron chi connectivity index (χ2n) is 6.72. The highest BCUT2D eigenvalue weighted by atomic mass is 19.1. The number of aromatic amines is 1. The Bertz CT molecular complexity index is 1160. The predicted molar refractivity (Wildman–Crippen MR) is 107 cm³/mol. The zero-order valence-electron chi connectivity index (χ0n) is 15.6. The Hall–Kier alpha value is -3.47. The number of rotatable bonds is 4. The lowest BCUT2D eigenvalue weighted by atomic mass is 10.00. The molecule has 0 aliphatic heterocycles. The van der Waals surface area contributed by atoms with Crippen LogP contribution in [0.2, 0.25) is 0 Å². The Labute approximate surface area is 162 Å². The second-order valence-corrected chi connectivity index (χ2v) is 6.72. The fraction of sp³-hybridized carbons (Fsp3) is 0.130. The first-order valence-corrected chi connectivity index (χ1v) is 8.96. The van der Waals surface area contributed by atoms with Crippen molar-refractivity contribution >= 4 is 16.9 Å². The number of carbonyl (C=O) groups is 1. The number of esters is 1. The number of fused-ring (bicyclic) bond motifs is 1. The number of hydrogen-bond donors (Lipinski definition) is 1. The van der Waals surface area contributed by atoms with Crippen molar-refractivity contribution in [3.63, 3.8) is 0 Å². The lowest BCUT2D eigenvalue weighted by molar-refractivity contribution is 0.0593. The number of aromatic nitrogens is 2. The Balaban J connectivity index is 1.84. The van der Waals surface area contributed by atoms with E-state index < -0.39 is 5.97 Å². The van der Waals surface area contributed by atoms with Crippen LogP contribution in [0, 0.1) is 12.7 Å². The van der Waals surface area contributed by atoms with Crippen LogP contribution in [-0.2, 0) is 11.2 Å². The van der Waals surface area contributed by atoms with Gasteiger partial charge < -0.3 is 9.72 Å². The molecule has 0 saturated heterocycles. The molecule has 2 heterocycles. The van der Waals surface area contributed by atoms with Crippen LogP contribution in [0.25, 0.3) is 22.2 Å². The van der Waals surface area contributed by atoms with E-state index >= 15 is 0 Å². The van der Waals surface area contributed by atoms with Crippen molar-refractivity contribution < 1.29 is 13.9 Å². The van der Waals surface area contributed by atoms with Gasteiger partial charge in [-0.1, -0.05) is 18.2 Å². The summed E-state index contributed by atoms with van der Waals surface area (Å²) < 4.78 is 18.2. The number of ether oxygens (including phenoxy) is 1. The number of nitrogens with one attached hydrogen (secondary N) is 1. The average Bonchev–Trinajstić information content (AvgIpc) is 3.05. The monoisotopic (exact) mass is 374 g/mol. The van der Waals surface area contributed by atoms with Gasteiger partial charge in [-0.2, -0.15) is 0 Å². The van der Waals surface area contributed by atoms with Gasteiger partial charge in [-0.05, 0) is 66.1 Å². The summed E-state index contributed by atoms with van der Waals surface area (Å²) in [7, 11) is 1.34. The number of methoxy groups -OCH3 is 1. The molecule has 0 unspecified atom stereocenters. The van der Waals surface area contributed by atoms with Crippen LogP contribution in [0.3, 0.4) is 0 Å². The van der Waals surface area contributed by atoms with Crippen LogP contribution >= 0.6 is 0 Å². The van der Waals surface area contributed by atoms with E-state index in [9.17, 15) is 9.18 Å². The minimum absolute atomic E-state index is 0.273. The standard InChI is InChI=1S/C23H19FN2O2/c1-14-6-11-18-19(13-17-4-3-5-20(25-17)23(27)28-2)22(26-21(18)12-14)15-7-9-16(24)10-8-15/h3-12,26H,13H2,1-2H3. The molecule has 0 radical (unpaired) electrons. The van der Waals surface area contributed by atoms with Crippen LogP contribution in [-0.4, -0.2) is 23.0 Å². The van der Waals surface area contributed by atoms with E-state index in [0.29, 0.717) is 6.42 Å². The Kier molecular flexibility index (Phi) is 4.65. The average molecular weight is 374 g/mol.